The van der Waals surface area contributed by atoms with Crippen LogP contribution < -0.4 is 14.8 Å². The number of hydrogen-bond donors (Lipinski definition) is 2. The summed E-state index contributed by atoms with van der Waals surface area (Å²) in [6, 6.07) is 14.8. The molecule has 0 spiro atoms. The van der Waals surface area contributed by atoms with E-state index >= 15 is 0 Å². The van der Waals surface area contributed by atoms with Crippen LogP contribution in [0.25, 0.3) is 0 Å². The summed E-state index contributed by atoms with van der Waals surface area (Å²) in [6.45, 7) is 2.66. The number of amides is 1. The lowest BCUT2D eigenvalue weighted by Crippen LogP contribution is -2.27. The van der Waals surface area contributed by atoms with E-state index in [0.717, 1.165) is 16.9 Å². The Morgan fingerprint density at radius 2 is 1.67 bits per heavy atom. The molecule has 0 fully saturated rings. The standard InChI is InChI=1S/C21H25NO5/c1-15(17-7-11-18(26-2)12-8-17)21(25)22-14-16-5-9-19(10-6-16)27-13-3-4-20(23)24/h5-12,15H,3-4,13-14H2,1-2H3,(H,22,25)(H,23,24). The smallest absolute Gasteiger partial charge is 0.303 e. The monoisotopic (exact) mass is 371 g/mol. The van der Waals surface area contributed by atoms with Gasteiger partial charge in [0, 0.05) is 13.0 Å². The molecule has 1 amide bonds. The molecular formula is C21H25NO5. The van der Waals surface area contributed by atoms with Gasteiger partial charge in [0.15, 0.2) is 0 Å². The Bertz CT molecular complexity index is 740. The van der Waals surface area contributed by atoms with Crippen LogP contribution in [-0.2, 0) is 16.1 Å². The lowest BCUT2D eigenvalue weighted by atomic mass is 10.00. The van der Waals surface area contributed by atoms with Crippen molar-refractivity contribution in [1.82, 2.24) is 5.32 Å². The van der Waals surface area contributed by atoms with E-state index in [1.807, 2.05) is 55.5 Å². The van der Waals surface area contributed by atoms with Gasteiger partial charge in [-0.3, -0.25) is 9.59 Å². The van der Waals surface area contributed by atoms with Crippen molar-refractivity contribution in [3.8, 4) is 11.5 Å². The fourth-order valence-electron chi connectivity index (χ4n) is 2.50. The predicted molar refractivity (Wildman–Crippen MR) is 102 cm³/mol. The molecule has 0 aliphatic heterocycles. The minimum Gasteiger partial charge on any atom is -0.497 e. The second-order valence-corrected chi connectivity index (χ2v) is 6.20. The van der Waals surface area contributed by atoms with Crippen molar-refractivity contribution in [3.63, 3.8) is 0 Å². The average molecular weight is 371 g/mol. The van der Waals surface area contributed by atoms with Gasteiger partial charge < -0.3 is 19.9 Å². The van der Waals surface area contributed by atoms with Crippen LogP contribution in [0.4, 0.5) is 0 Å². The lowest BCUT2D eigenvalue weighted by Gasteiger charge is -2.13. The van der Waals surface area contributed by atoms with E-state index in [2.05, 4.69) is 5.32 Å². The zero-order valence-corrected chi connectivity index (χ0v) is 15.6. The maximum Gasteiger partial charge on any atom is 0.303 e. The van der Waals surface area contributed by atoms with Crippen molar-refractivity contribution >= 4 is 11.9 Å². The maximum atomic E-state index is 12.4. The Morgan fingerprint density at radius 1 is 1.04 bits per heavy atom. The minimum atomic E-state index is -0.825. The normalized spacial score (nSPS) is 11.5. The van der Waals surface area contributed by atoms with Crippen LogP contribution in [0, 0.1) is 0 Å². The number of carbonyl (C=O) groups is 2. The Morgan fingerprint density at radius 3 is 2.26 bits per heavy atom. The number of carboxylic acids is 1. The van der Waals surface area contributed by atoms with Gasteiger partial charge in [0.2, 0.25) is 5.91 Å². The highest BCUT2D eigenvalue weighted by atomic mass is 16.5. The number of benzene rings is 2. The minimum absolute atomic E-state index is 0.0471. The first-order chi connectivity index (χ1) is 13.0. The number of hydrogen-bond acceptors (Lipinski definition) is 4. The molecule has 2 aromatic carbocycles. The third kappa shape index (κ3) is 6.66. The first-order valence-electron chi connectivity index (χ1n) is 8.85. The van der Waals surface area contributed by atoms with Crippen molar-refractivity contribution in [3.05, 3.63) is 59.7 Å². The van der Waals surface area contributed by atoms with Crippen molar-refractivity contribution < 1.29 is 24.2 Å². The molecule has 0 saturated heterocycles. The fourth-order valence-corrected chi connectivity index (χ4v) is 2.50. The molecule has 0 aliphatic rings. The van der Waals surface area contributed by atoms with Gasteiger partial charge in [-0.1, -0.05) is 24.3 Å². The molecule has 0 bridgehead atoms. The van der Waals surface area contributed by atoms with Crippen LogP contribution in [0.2, 0.25) is 0 Å². The Balaban J connectivity index is 1.79. The summed E-state index contributed by atoms with van der Waals surface area (Å²) in [4.78, 5) is 22.8. The molecular weight excluding hydrogens is 346 g/mol. The fraction of sp³-hybridized carbons (Fsp3) is 0.333. The van der Waals surface area contributed by atoms with Crippen LogP contribution >= 0.6 is 0 Å². The second-order valence-electron chi connectivity index (χ2n) is 6.20. The second kappa shape index (κ2) is 10.2. The van der Waals surface area contributed by atoms with E-state index in [4.69, 9.17) is 14.6 Å². The molecule has 1 unspecified atom stereocenters. The van der Waals surface area contributed by atoms with Crippen molar-refractivity contribution in [2.75, 3.05) is 13.7 Å². The summed E-state index contributed by atoms with van der Waals surface area (Å²) in [5.41, 5.74) is 1.89. The number of carboxylic acid groups (broad SMARTS) is 1. The molecule has 1 atom stereocenters. The van der Waals surface area contributed by atoms with Gasteiger partial charge in [0.1, 0.15) is 11.5 Å². The molecule has 0 saturated carbocycles. The van der Waals surface area contributed by atoms with Gasteiger partial charge in [-0.05, 0) is 48.7 Å². The number of methoxy groups -OCH3 is 1. The third-order valence-electron chi connectivity index (χ3n) is 4.20. The SMILES string of the molecule is COc1ccc(C(C)C(=O)NCc2ccc(OCCCC(=O)O)cc2)cc1. The lowest BCUT2D eigenvalue weighted by molar-refractivity contribution is -0.137. The number of aliphatic carboxylic acids is 1. The van der Waals surface area contributed by atoms with Crippen LogP contribution in [0.1, 0.15) is 36.8 Å². The van der Waals surface area contributed by atoms with E-state index in [9.17, 15) is 9.59 Å². The van der Waals surface area contributed by atoms with E-state index in [0.29, 0.717) is 25.3 Å². The highest BCUT2D eigenvalue weighted by Gasteiger charge is 2.14. The molecule has 2 aromatic rings. The molecule has 144 valence electrons. The Labute approximate surface area is 159 Å². The summed E-state index contributed by atoms with van der Waals surface area (Å²) in [5.74, 6) is 0.314. The summed E-state index contributed by atoms with van der Waals surface area (Å²) in [5, 5.41) is 11.5. The van der Waals surface area contributed by atoms with E-state index in [1.165, 1.54) is 0 Å². The van der Waals surface area contributed by atoms with Gasteiger partial charge in [0.25, 0.3) is 0 Å². The third-order valence-corrected chi connectivity index (χ3v) is 4.20. The summed E-state index contributed by atoms with van der Waals surface area (Å²) in [7, 11) is 1.61. The van der Waals surface area contributed by atoms with Crippen molar-refractivity contribution in [2.24, 2.45) is 0 Å². The van der Waals surface area contributed by atoms with Gasteiger partial charge in [0.05, 0.1) is 19.6 Å². The summed E-state index contributed by atoms with van der Waals surface area (Å²) in [6.07, 6.45) is 0.562. The highest BCUT2D eigenvalue weighted by molar-refractivity contribution is 5.83. The molecule has 0 aliphatic carbocycles. The quantitative estimate of drug-likeness (QED) is 0.626. The molecule has 0 radical (unpaired) electrons. The average Bonchev–Trinajstić information content (AvgIpc) is 2.69. The Kier molecular flexibility index (Phi) is 7.67. The molecule has 2 N–H and O–H groups in total. The first kappa shape index (κ1) is 20.3. The van der Waals surface area contributed by atoms with E-state index in [1.54, 1.807) is 7.11 Å². The predicted octanol–water partition coefficient (Wildman–Crippen LogP) is 3.36. The van der Waals surface area contributed by atoms with Gasteiger partial charge in [-0.25, -0.2) is 0 Å². The number of nitrogens with one attached hydrogen (secondary N) is 1. The molecule has 6 heteroatoms. The first-order valence-corrected chi connectivity index (χ1v) is 8.85. The van der Waals surface area contributed by atoms with E-state index < -0.39 is 5.97 Å². The molecule has 0 aromatic heterocycles. The molecule has 27 heavy (non-hydrogen) atoms. The zero-order valence-electron chi connectivity index (χ0n) is 15.6. The summed E-state index contributed by atoms with van der Waals surface area (Å²) < 4.78 is 10.6. The topological polar surface area (TPSA) is 84.9 Å². The van der Waals surface area contributed by atoms with Crippen LogP contribution in [0.5, 0.6) is 11.5 Å². The molecule has 6 nitrogen and oxygen atoms in total. The summed E-state index contributed by atoms with van der Waals surface area (Å²) >= 11 is 0. The van der Waals surface area contributed by atoms with Crippen LogP contribution in [0.15, 0.2) is 48.5 Å². The highest BCUT2D eigenvalue weighted by Crippen LogP contribution is 2.19. The number of carbonyl (C=O) groups excluding carboxylic acids is 1. The van der Waals surface area contributed by atoms with Gasteiger partial charge in [-0.15, -0.1) is 0 Å². The van der Waals surface area contributed by atoms with Crippen LogP contribution in [-0.4, -0.2) is 30.7 Å². The van der Waals surface area contributed by atoms with E-state index in [-0.39, 0.29) is 18.2 Å². The van der Waals surface area contributed by atoms with Crippen LogP contribution in [0.3, 0.4) is 0 Å². The molecule has 2 rings (SSSR count). The Hall–Kier alpha value is -3.02. The van der Waals surface area contributed by atoms with Crippen molar-refractivity contribution in [1.29, 1.82) is 0 Å². The van der Waals surface area contributed by atoms with Gasteiger partial charge in [-0.2, -0.15) is 0 Å². The van der Waals surface area contributed by atoms with Crippen molar-refractivity contribution in [2.45, 2.75) is 32.2 Å². The number of rotatable bonds is 10. The largest absolute Gasteiger partial charge is 0.497 e. The molecule has 0 heterocycles. The van der Waals surface area contributed by atoms with Gasteiger partial charge >= 0.3 is 5.97 Å². The number of ether oxygens (including phenoxy) is 2. The zero-order chi connectivity index (χ0) is 19.6. The maximum absolute atomic E-state index is 12.4.